The van der Waals surface area contributed by atoms with Crippen molar-refractivity contribution in [3.63, 3.8) is 0 Å². The van der Waals surface area contributed by atoms with Gasteiger partial charge in [-0.1, -0.05) is 18.2 Å². The van der Waals surface area contributed by atoms with Gasteiger partial charge in [0.1, 0.15) is 17.5 Å². The maximum Gasteiger partial charge on any atom is 0.230 e. The molecule has 32 heavy (non-hydrogen) atoms. The van der Waals surface area contributed by atoms with Crippen molar-refractivity contribution in [3.8, 4) is 0 Å². The fraction of sp³-hybridized carbons (Fsp3) is 0.0870. The highest BCUT2D eigenvalue weighted by molar-refractivity contribution is 7.92. The minimum atomic E-state index is -3.52. The summed E-state index contributed by atoms with van der Waals surface area (Å²) in [5.74, 6) is 0.268. The summed E-state index contributed by atoms with van der Waals surface area (Å²) in [7, 11) is -3.52. The standard InChI is InChI=1S/C23H20FN5O2S/c1-32(30,31)28-21-7-2-8-22(27-21)29(20-11-9-19(24)10-12-20)23(17-5-3-13-25-15-17)18-6-4-14-26-16-18/h2-16,23H,1H3,(H,27,28). The number of halogens is 1. The van der Waals surface area contributed by atoms with Crippen LogP contribution in [0.4, 0.5) is 21.7 Å². The molecule has 0 saturated carbocycles. The van der Waals surface area contributed by atoms with Crippen LogP contribution in [0.2, 0.25) is 0 Å². The number of hydrogen-bond donors (Lipinski definition) is 1. The smallest absolute Gasteiger partial charge is 0.230 e. The van der Waals surface area contributed by atoms with Crippen molar-refractivity contribution >= 4 is 27.3 Å². The van der Waals surface area contributed by atoms with E-state index in [0.29, 0.717) is 11.5 Å². The van der Waals surface area contributed by atoms with E-state index in [2.05, 4.69) is 19.7 Å². The summed E-state index contributed by atoms with van der Waals surface area (Å²) in [6.45, 7) is 0. The summed E-state index contributed by atoms with van der Waals surface area (Å²) < 4.78 is 39.6. The SMILES string of the molecule is CS(=O)(=O)Nc1cccc(N(c2ccc(F)cc2)C(c2cccnc2)c2cccnc2)n1. The van der Waals surface area contributed by atoms with Crippen LogP contribution >= 0.6 is 0 Å². The molecule has 0 bridgehead atoms. The predicted octanol–water partition coefficient (Wildman–Crippen LogP) is 4.31. The molecule has 162 valence electrons. The molecule has 9 heteroatoms. The molecule has 0 atom stereocenters. The molecule has 3 aromatic heterocycles. The Labute approximate surface area is 185 Å². The highest BCUT2D eigenvalue weighted by Gasteiger charge is 2.26. The summed E-state index contributed by atoms with van der Waals surface area (Å²) in [6.07, 6.45) is 7.91. The monoisotopic (exact) mass is 449 g/mol. The highest BCUT2D eigenvalue weighted by atomic mass is 32.2. The number of aromatic nitrogens is 3. The molecule has 0 spiro atoms. The van der Waals surface area contributed by atoms with Crippen molar-refractivity contribution in [2.24, 2.45) is 0 Å². The molecule has 0 amide bonds. The van der Waals surface area contributed by atoms with Gasteiger partial charge in [-0.15, -0.1) is 0 Å². The highest BCUT2D eigenvalue weighted by Crippen LogP contribution is 2.38. The lowest BCUT2D eigenvalue weighted by atomic mass is 9.99. The third kappa shape index (κ3) is 5.06. The lowest BCUT2D eigenvalue weighted by Crippen LogP contribution is -2.26. The van der Waals surface area contributed by atoms with Crippen LogP contribution in [-0.2, 0) is 10.0 Å². The molecule has 0 aliphatic heterocycles. The Balaban J connectivity index is 1.92. The quantitative estimate of drug-likeness (QED) is 0.452. The van der Waals surface area contributed by atoms with Gasteiger partial charge in [0.2, 0.25) is 10.0 Å². The van der Waals surface area contributed by atoms with Gasteiger partial charge in [-0.2, -0.15) is 0 Å². The number of anilines is 3. The molecule has 1 aromatic carbocycles. The second kappa shape index (κ2) is 9.11. The number of hydrogen-bond acceptors (Lipinski definition) is 6. The van der Waals surface area contributed by atoms with Crippen LogP contribution in [0, 0.1) is 5.82 Å². The van der Waals surface area contributed by atoms with Gasteiger partial charge < -0.3 is 4.90 Å². The van der Waals surface area contributed by atoms with E-state index in [4.69, 9.17) is 0 Å². The van der Waals surface area contributed by atoms with Crippen LogP contribution in [-0.4, -0.2) is 29.6 Å². The largest absolute Gasteiger partial charge is 0.315 e. The number of nitrogens with zero attached hydrogens (tertiary/aromatic N) is 4. The molecule has 4 aromatic rings. The minimum absolute atomic E-state index is 0.174. The van der Waals surface area contributed by atoms with Crippen molar-refractivity contribution in [2.45, 2.75) is 6.04 Å². The van der Waals surface area contributed by atoms with Crippen LogP contribution in [0.1, 0.15) is 17.2 Å². The summed E-state index contributed by atoms with van der Waals surface area (Å²) >= 11 is 0. The van der Waals surface area contributed by atoms with Gasteiger partial charge in [-0.3, -0.25) is 14.7 Å². The Morgan fingerprint density at radius 1 is 0.875 bits per heavy atom. The van der Waals surface area contributed by atoms with Crippen LogP contribution in [0.3, 0.4) is 0 Å². The van der Waals surface area contributed by atoms with E-state index >= 15 is 0 Å². The Bertz CT molecular complexity index is 1250. The van der Waals surface area contributed by atoms with Crippen molar-refractivity contribution in [2.75, 3.05) is 15.9 Å². The fourth-order valence-corrected chi connectivity index (χ4v) is 3.88. The van der Waals surface area contributed by atoms with E-state index in [1.54, 1.807) is 55.1 Å². The van der Waals surface area contributed by atoms with Gasteiger partial charge in [0.25, 0.3) is 0 Å². The molecular weight excluding hydrogens is 429 g/mol. The summed E-state index contributed by atoms with van der Waals surface area (Å²) in [5, 5.41) is 0. The van der Waals surface area contributed by atoms with Crippen molar-refractivity contribution < 1.29 is 12.8 Å². The maximum absolute atomic E-state index is 13.7. The van der Waals surface area contributed by atoms with Gasteiger partial charge in [0, 0.05) is 30.5 Å². The second-order valence-corrected chi connectivity index (χ2v) is 8.83. The van der Waals surface area contributed by atoms with E-state index in [1.807, 2.05) is 29.2 Å². The zero-order valence-electron chi connectivity index (χ0n) is 17.1. The first kappa shape index (κ1) is 21.4. The third-order valence-corrected chi connectivity index (χ3v) is 5.21. The zero-order chi connectivity index (χ0) is 22.6. The topological polar surface area (TPSA) is 88.1 Å². The summed E-state index contributed by atoms with van der Waals surface area (Å²) in [5.41, 5.74) is 2.37. The normalized spacial score (nSPS) is 11.3. The molecule has 3 heterocycles. The Morgan fingerprint density at radius 3 is 2.03 bits per heavy atom. The van der Waals surface area contributed by atoms with E-state index in [9.17, 15) is 12.8 Å². The van der Waals surface area contributed by atoms with Gasteiger partial charge >= 0.3 is 0 Å². The third-order valence-electron chi connectivity index (χ3n) is 4.63. The van der Waals surface area contributed by atoms with Gasteiger partial charge in [0.05, 0.1) is 12.3 Å². The lowest BCUT2D eigenvalue weighted by Gasteiger charge is -2.33. The number of pyridine rings is 3. The zero-order valence-corrected chi connectivity index (χ0v) is 17.9. The number of sulfonamides is 1. The van der Waals surface area contributed by atoms with E-state index in [1.165, 1.54) is 12.1 Å². The number of rotatable bonds is 7. The summed E-state index contributed by atoms with van der Waals surface area (Å²) in [4.78, 5) is 14.9. The fourth-order valence-electron chi connectivity index (χ4n) is 3.39. The number of nitrogens with one attached hydrogen (secondary N) is 1. The molecule has 1 N–H and O–H groups in total. The Kier molecular flexibility index (Phi) is 6.09. The Morgan fingerprint density at radius 2 is 1.50 bits per heavy atom. The lowest BCUT2D eigenvalue weighted by molar-refractivity contribution is 0.606. The van der Waals surface area contributed by atoms with Crippen molar-refractivity contribution in [3.05, 3.63) is 108 Å². The molecule has 0 aliphatic carbocycles. The molecule has 0 saturated heterocycles. The van der Waals surface area contributed by atoms with Crippen molar-refractivity contribution in [1.29, 1.82) is 0 Å². The molecular formula is C23H20FN5O2S. The van der Waals surface area contributed by atoms with Crippen LogP contribution in [0.15, 0.2) is 91.5 Å². The average molecular weight is 450 g/mol. The molecule has 0 radical (unpaired) electrons. The second-order valence-electron chi connectivity index (χ2n) is 7.08. The minimum Gasteiger partial charge on any atom is -0.315 e. The van der Waals surface area contributed by atoms with E-state index in [0.717, 1.165) is 17.4 Å². The molecule has 0 aliphatic rings. The van der Waals surface area contributed by atoms with E-state index < -0.39 is 16.1 Å². The molecule has 0 unspecified atom stereocenters. The summed E-state index contributed by atoms with van der Waals surface area (Å²) in [6, 6.07) is 18.2. The first-order valence-electron chi connectivity index (χ1n) is 9.70. The van der Waals surface area contributed by atoms with Crippen LogP contribution in [0.25, 0.3) is 0 Å². The van der Waals surface area contributed by atoms with Crippen LogP contribution < -0.4 is 9.62 Å². The molecule has 4 rings (SSSR count). The van der Waals surface area contributed by atoms with Gasteiger partial charge in [-0.05, 0) is 59.7 Å². The van der Waals surface area contributed by atoms with Gasteiger partial charge in [-0.25, -0.2) is 17.8 Å². The molecule has 7 nitrogen and oxygen atoms in total. The Hall–Kier alpha value is -3.85. The average Bonchev–Trinajstić information content (AvgIpc) is 2.78. The maximum atomic E-state index is 13.7. The van der Waals surface area contributed by atoms with Crippen LogP contribution in [0.5, 0.6) is 0 Å². The van der Waals surface area contributed by atoms with Crippen molar-refractivity contribution in [1.82, 2.24) is 15.0 Å². The number of benzene rings is 1. The first-order valence-corrected chi connectivity index (χ1v) is 11.6. The predicted molar refractivity (Wildman–Crippen MR) is 122 cm³/mol. The van der Waals surface area contributed by atoms with Gasteiger partial charge in [0.15, 0.2) is 0 Å². The first-order chi connectivity index (χ1) is 15.4. The van der Waals surface area contributed by atoms with E-state index in [-0.39, 0.29) is 11.6 Å². The molecule has 0 fully saturated rings.